The molecule has 3 rings (SSSR count). The van der Waals surface area contributed by atoms with Crippen molar-refractivity contribution in [3.8, 4) is 5.88 Å². The van der Waals surface area contributed by atoms with Crippen LogP contribution in [0.3, 0.4) is 0 Å². The average molecular weight is 425 g/mol. The highest BCUT2D eigenvalue weighted by molar-refractivity contribution is 5.94. The van der Waals surface area contributed by atoms with Crippen molar-refractivity contribution in [2.24, 2.45) is 5.92 Å². The van der Waals surface area contributed by atoms with Gasteiger partial charge in [0.2, 0.25) is 5.88 Å². The molecule has 1 amide bonds. The molecule has 0 aliphatic heterocycles. The van der Waals surface area contributed by atoms with Crippen molar-refractivity contribution >= 4 is 11.7 Å². The fourth-order valence-electron chi connectivity index (χ4n) is 2.56. The van der Waals surface area contributed by atoms with Gasteiger partial charge in [-0.3, -0.25) is 14.6 Å². The molecule has 1 saturated carbocycles. The van der Waals surface area contributed by atoms with Gasteiger partial charge < -0.3 is 10.1 Å². The van der Waals surface area contributed by atoms with E-state index in [1.54, 1.807) is 6.07 Å². The largest absolute Gasteiger partial charge is 0.471 e. The van der Waals surface area contributed by atoms with Crippen LogP contribution in [0.15, 0.2) is 36.7 Å². The molecule has 0 bridgehead atoms. The molecular formula is C20H19F4N3O3. The average Bonchev–Trinajstić information content (AvgIpc) is 3.57. The van der Waals surface area contributed by atoms with E-state index in [0.717, 1.165) is 12.8 Å². The maximum Gasteiger partial charge on any atom is 0.340 e. The van der Waals surface area contributed by atoms with E-state index in [0.29, 0.717) is 16.8 Å². The number of halogens is 4. The van der Waals surface area contributed by atoms with Crippen molar-refractivity contribution in [2.75, 3.05) is 6.61 Å². The van der Waals surface area contributed by atoms with Gasteiger partial charge in [-0.25, -0.2) is 13.8 Å². The summed E-state index contributed by atoms with van der Waals surface area (Å²) in [5.41, 5.74) is 1.43. The molecule has 6 nitrogen and oxygen atoms in total. The highest BCUT2D eigenvalue weighted by Gasteiger charge is 2.41. The summed E-state index contributed by atoms with van der Waals surface area (Å²) in [4.78, 5) is 32.1. The Labute approximate surface area is 169 Å². The molecule has 0 spiro atoms. The van der Waals surface area contributed by atoms with Crippen LogP contribution >= 0.6 is 0 Å². The van der Waals surface area contributed by atoms with Gasteiger partial charge in [-0.1, -0.05) is 6.07 Å². The van der Waals surface area contributed by atoms with Gasteiger partial charge in [0.05, 0.1) is 0 Å². The van der Waals surface area contributed by atoms with Crippen LogP contribution in [0.5, 0.6) is 5.88 Å². The van der Waals surface area contributed by atoms with Crippen LogP contribution in [-0.4, -0.2) is 40.6 Å². The molecule has 1 N–H and O–H groups in total. The summed E-state index contributed by atoms with van der Waals surface area (Å²) in [6, 6.07) is 5.80. The lowest BCUT2D eigenvalue weighted by Crippen LogP contribution is -2.33. The Hall–Kier alpha value is -3.04. The fraction of sp³-hybridized carbons (Fsp3) is 0.400. The number of amides is 1. The number of hydrogen-bond donors (Lipinski definition) is 1. The van der Waals surface area contributed by atoms with E-state index >= 15 is 0 Å². The summed E-state index contributed by atoms with van der Waals surface area (Å²) in [5, 5.41) is 2.67. The summed E-state index contributed by atoms with van der Waals surface area (Å²) >= 11 is 0. The molecule has 0 saturated heterocycles. The van der Waals surface area contributed by atoms with Gasteiger partial charge in [-0.15, -0.1) is 0 Å². The zero-order valence-electron chi connectivity index (χ0n) is 15.8. The minimum atomic E-state index is -4.26. The summed E-state index contributed by atoms with van der Waals surface area (Å²) in [6.45, 7) is -1.39. The van der Waals surface area contributed by atoms with Gasteiger partial charge in [0.15, 0.2) is 6.61 Å². The second kappa shape index (κ2) is 9.19. The molecule has 30 heavy (non-hydrogen) atoms. The molecule has 0 unspecified atom stereocenters. The van der Waals surface area contributed by atoms with E-state index in [1.165, 1.54) is 30.6 Å². The number of carbonyl (C=O) groups excluding carboxylic acids is 2. The number of alkyl halides is 4. The molecule has 0 radical (unpaired) electrons. The number of hydrogen-bond acceptors (Lipinski definition) is 5. The minimum Gasteiger partial charge on any atom is -0.471 e. The molecule has 1 aliphatic carbocycles. The first-order chi connectivity index (χ1) is 14.2. The predicted octanol–water partition coefficient (Wildman–Crippen LogP) is 3.21. The second-order valence-corrected chi connectivity index (χ2v) is 6.99. The summed E-state index contributed by atoms with van der Waals surface area (Å²) in [7, 11) is 0. The SMILES string of the molecule is O=C(NCc1ccc(OCC(F)(F)C(F)F)nc1)c1ccnc(CC(=O)C2CC2)c1. The van der Waals surface area contributed by atoms with Crippen LogP contribution in [0, 0.1) is 5.92 Å². The Morgan fingerprint density at radius 2 is 1.97 bits per heavy atom. The highest BCUT2D eigenvalue weighted by Crippen LogP contribution is 2.30. The third-order valence-corrected chi connectivity index (χ3v) is 4.45. The van der Waals surface area contributed by atoms with E-state index in [-0.39, 0.29) is 36.5 Å². The maximum absolute atomic E-state index is 12.8. The van der Waals surface area contributed by atoms with Crippen LogP contribution in [0.1, 0.15) is 34.5 Å². The smallest absolute Gasteiger partial charge is 0.340 e. The lowest BCUT2D eigenvalue weighted by Gasteiger charge is -2.15. The van der Waals surface area contributed by atoms with Gasteiger partial charge in [0, 0.05) is 48.6 Å². The van der Waals surface area contributed by atoms with Crippen LogP contribution in [0.4, 0.5) is 17.6 Å². The van der Waals surface area contributed by atoms with E-state index in [4.69, 9.17) is 0 Å². The van der Waals surface area contributed by atoms with Gasteiger partial charge in [-0.2, -0.15) is 8.78 Å². The topological polar surface area (TPSA) is 81.2 Å². The Morgan fingerprint density at radius 1 is 1.20 bits per heavy atom. The van der Waals surface area contributed by atoms with Gasteiger partial charge in [0.25, 0.3) is 5.91 Å². The third kappa shape index (κ3) is 5.98. The number of ether oxygens (including phenoxy) is 1. The molecule has 0 aromatic carbocycles. The first kappa shape index (κ1) is 21.7. The number of aromatic nitrogens is 2. The highest BCUT2D eigenvalue weighted by atomic mass is 19.3. The lowest BCUT2D eigenvalue weighted by molar-refractivity contribution is -0.148. The molecule has 0 atom stereocenters. The number of ketones is 1. The predicted molar refractivity (Wildman–Crippen MR) is 97.5 cm³/mol. The van der Waals surface area contributed by atoms with Crippen molar-refractivity contribution in [2.45, 2.75) is 38.2 Å². The summed E-state index contributed by atoms with van der Waals surface area (Å²) < 4.78 is 54.5. The normalized spacial score (nSPS) is 13.9. The van der Waals surface area contributed by atoms with Crippen molar-refractivity contribution in [3.63, 3.8) is 0 Å². The summed E-state index contributed by atoms with van der Waals surface area (Å²) in [5.74, 6) is -4.63. The maximum atomic E-state index is 12.8. The van der Waals surface area contributed by atoms with Crippen molar-refractivity contribution < 1.29 is 31.9 Å². The fourth-order valence-corrected chi connectivity index (χ4v) is 2.56. The molecule has 2 heterocycles. The molecule has 1 aliphatic rings. The van der Waals surface area contributed by atoms with E-state index in [2.05, 4.69) is 20.0 Å². The quantitative estimate of drug-likeness (QED) is 0.592. The van der Waals surface area contributed by atoms with E-state index in [9.17, 15) is 27.2 Å². The van der Waals surface area contributed by atoms with Crippen molar-refractivity contribution in [1.29, 1.82) is 0 Å². The monoisotopic (exact) mass is 425 g/mol. The number of rotatable bonds is 10. The van der Waals surface area contributed by atoms with Gasteiger partial charge in [-0.05, 0) is 30.5 Å². The number of nitrogens with zero attached hydrogens (tertiary/aromatic N) is 2. The number of nitrogens with one attached hydrogen (secondary N) is 1. The van der Waals surface area contributed by atoms with Crippen LogP contribution in [-0.2, 0) is 17.8 Å². The lowest BCUT2D eigenvalue weighted by atomic mass is 10.1. The van der Waals surface area contributed by atoms with Crippen molar-refractivity contribution in [1.82, 2.24) is 15.3 Å². The van der Waals surface area contributed by atoms with Crippen LogP contribution in [0.25, 0.3) is 0 Å². The van der Waals surface area contributed by atoms with Gasteiger partial charge >= 0.3 is 12.3 Å². The van der Waals surface area contributed by atoms with Crippen LogP contribution in [0.2, 0.25) is 0 Å². The minimum absolute atomic E-state index is 0.0952. The zero-order chi connectivity index (χ0) is 21.7. The number of pyridine rings is 2. The Balaban J connectivity index is 1.50. The van der Waals surface area contributed by atoms with E-state index < -0.39 is 19.0 Å². The number of carbonyl (C=O) groups is 2. The molecule has 160 valence electrons. The molecule has 2 aromatic heterocycles. The zero-order valence-corrected chi connectivity index (χ0v) is 15.8. The standard InChI is InChI=1S/C20H19F4N3O3/c21-19(22)20(23,24)11-30-17-4-1-12(9-26-17)10-27-18(29)14-5-6-25-15(7-14)8-16(28)13-2-3-13/h1,4-7,9,13,19H,2-3,8,10-11H2,(H,27,29). The summed E-state index contributed by atoms with van der Waals surface area (Å²) in [6.07, 6.45) is 0.932. The molecular weight excluding hydrogens is 406 g/mol. The Kier molecular flexibility index (Phi) is 6.63. The van der Waals surface area contributed by atoms with Crippen LogP contribution < -0.4 is 10.1 Å². The second-order valence-electron chi connectivity index (χ2n) is 6.99. The number of Topliss-reactive ketones (excluding diaryl/α,β-unsaturated/α-hetero) is 1. The van der Waals surface area contributed by atoms with Crippen molar-refractivity contribution in [3.05, 3.63) is 53.5 Å². The van der Waals surface area contributed by atoms with Gasteiger partial charge in [0.1, 0.15) is 5.78 Å². The first-order valence-electron chi connectivity index (χ1n) is 9.24. The Morgan fingerprint density at radius 3 is 2.60 bits per heavy atom. The Bertz CT molecular complexity index is 902. The first-order valence-corrected chi connectivity index (χ1v) is 9.24. The molecule has 10 heteroatoms. The molecule has 2 aromatic rings. The molecule has 1 fully saturated rings. The third-order valence-electron chi connectivity index (χ3n) is 4.45. The van der Waals surface area contributed by atoms with E-state index in [1.807, 2.05) is 0 Å².